The molecule has 2 atom stereocenters. The average Bonchev–Trinajstić information content (AvgIpc) is 2.63. The number of piperazine rings is 1. The molecule has 0 radical (unpaired) electrons. The molecule has 4 nitrogen and oxygen atoms in total. The topological polar surface area (TPSA) is 21.8 Å². The first kappa shape index (κ1) is 12.9. The highest BCUT2D eigenvalue weighted by Gasteiger charge is 2.43. The summed E-state index contributed by atoms with van der Waals surface area (Å²) in [6, 6.07) is 2.41. The molecular formula is C14H28N4. The van der Waals surface area contributed by atoms with Gasteiger partial charge in [-0.2, -0.15) is 0 Å². The van der Waals surface area contributed by atoms with Crippen molar-refractivity contribution >= 4 is 0 Å². The quantitative estimate of drug-likeness (QED) is 0.800. The first-order chi connectivity index (χ1) is 8.78. The minimum absolute atomic E-state index is 0.774. The van der Waals surface area contributed by atoms with E-state index >= 15 is 0 Å². The Labute approximate surface area is 111 Å². The third-order valence-electron chi connectivity index (χ3n) is 4.99. The zero-order chi connectivity index (χ0) is 12.5. The summed E-state index contributed by atoms with van der Waals surface area (Å²) >= 11 is 0. The van der Waals surface area contributed by atoms with Crippen LogP contribution in [0.3, 0.4) is 0 Å². The molecule has 0 amide bonds. The first-order valence-electron chi connectivity index (χ1n) is 7.73. The van der Waals surface area contributed by atoms with E-state index < -0.39 is 0 Å². The maximum absolute atomic E-state index is 3.66. The molecule has 3 aliphatic heterocycles. The molecule has 2 bridgehead atoms. The Balaban J connectivity index is 1.61. The van der Waals surface area contributed by atoms with Crippen molar-refractivity contribution < 1.29 is 0 Å². The van der Waals surface area contributed by atoms with E-state index in [0.717, 1.165) is 24.7 Å². The molecule has 3 heterocycles. The lowest BCUT2D eigenvalue weighted by atomic mass is 9.98. The van der Waals surface area contributed by atoms with Crippen molar-refractivity contribution in [1.29, 1.82) is 0 Å². The van der Waals surface area contributed by atoms with Gasteiger partial charge in [-0.05, 0) is 39.3 Å². The van der Waals surface area contributed by atoms with Crippen molar-refractivity contribution in [2.75, 3.05) is 39.8 Å². The number of hydrogen-bond donors (Lipinski definition) is 1. The fraction of sp³-hybridized carbons (Fsp3) is 1.00. The smallest absolute Gasteiger partial charge is 0.0264 e. The van der Waals surface area contributed by atoms with Crippen molar-refractivity contribution in [2.45, 2.75) is 50.7 Å². The van der Waals surface area contributed by atoms with E-state index in [1.54, 1.807) is 0 Å². The van der Waals surface area contributed by atoms with Crippen molar-refractivity contribution in [3.63, 3.8) is 0 Å². The molecule has 18 heavy (non-hydrogen) atoms. The lowest BCUT2D eigenvalue weighted by Gasteiger charge is -2.48. The molecule has 0 aromatic rings. The molecule has 1 N–H and O–H groups in total. The zero-order valence-corrected chi connectivity index (χ0v) is 11.9. The van der Waals surface area contributed by atoms with Gasteiger partial charge >= 0.3 is 0 Å². The van der Waals surface area contributed by atoms with E-state index in [1.807, 2.05) is 0 Å². The fourth-order valence-electron chi connectivity index (χ4n) is 4.10. The van der Waals surface area contributed by atoms with Crippen LogP contribution in [0.2, 0.25) is 0 Å². The molecular weight excluding hydrogens is 224 g/mol. The fourth-order valence-corrected chi connectivity index (χ4v) is 4.10. The monoisotopic (exact) mass is 252 g/mol. The van der Waals surface area contributed by atoms with E-state index in [2.05, 4.69) is 34.2 Å². The van der Waals surface area contributed by atoms with Crippen LogP contribution >= 0.6 is 0 Å². The van der Waals surface area contributed by atoms with Crippen LogP contribution in [0.4, 0.5) is 0 Å². The Hall–Kier alpha value is -0.160. The predicted octanol–water partition coefficient (Wildman–Crippen LogP) is 0.754. The van der Waals surface area contributed by atoms with Gasteiger partial charge in [0.2, 0.25) is 0 Å². The van der Waals surface area contributed by atoms with Crippen LogP contribution < -0.4 is 5.32 Å². The third-order valence-corrected chi connectivity index (χ3v) is 4.99. The van der Waals surface area contributed by atoms with Crippen LogP contribution in [0.1, 0.15) is 32.6 Å². The Kier molecular flexibility index (Phi) is 3.89. The maximum atomic E-state index is 3.66. The van der Waals surface area contributed by atoms with Crippen LogP contribution in [0.25, 0.3) is 0 Å². The normalized spacial score (nSPS) is 39.3. The van der Waals surface area contributed by atoms with E-state index in [9.17, 15) is 0 Å². The number of hydrogen-bond acceptors (Lipinski definition) is 4. The molecule has 4 heteroatoms. The van der Waals surface area contributed by atoms with Gasteiger partial charge in [0.05, 0.1) is 0 Å². The molecule has 0 aromatic heterocycles. The highest BCUT2D eigenvalue weighted by Crippen LogP contribution is 2.37. The number of nitrogens with one attached hydrogen (secondary N) is 1. The number of hydrazine groups is 1. The molecule has 0 saturated carbocycles. The molecule has 0 aromatic carbocycles. The summed E-state index contributed by atoms with van der Waals surface area (Å²) in [7, 11) is 2.24. The molecule has 2 unspecified atom stereocenters. The van der Waals surface area contributed by atoms with Gasteiger partial charge < -0.3 is 10.2 Å². The maximum Gasteiger partial charge on any atom is 0.0264 e. The number of likely N-dealkylation sites (N-methyl/N-ethyl adjacent to an activating group) is 1. The van der Waals surface area contributed by atoms with E-state index in [1.165, 1.54) is 51.9 Å². The van der Waals surface area contributed by atoms with Gasteiger partial charge in [-0.1, -0.05) is 6.92 Å². The minimum Gasteiger partial charge on any atom is -0.314 e. The molecule has 104 valence electrons. The summed E-state index contributed by atoms with van der Waals surface area (Å²) in [5, 5.41) is 9.08. The lowest BCUT2D eigenvalue weighted by molar-refractivity contribution is -0.109. The summed E-state index contributed by atoms with van der Waals surface area (Å²) < 4.78 is 0. The Morgan fingerprint density at radius 1 is 1.00 bits per heavy atom. The van der Waals surface area contributed by atoms with Crippen LogP contribution in [0.15, 0.2) is 0 Å². The summed E-state index contributed by atoms with van der Waals surface area (Å²) in [5.41, 5.74) is 0. The van der Waals surface area contributed by atoms with Gasteiger partial charge in [-0.15, -0.1) is 0 Å². The van der Waals surface area contributed by atoms with E-state index in [0.29, 0.717) is 0 Å². The second kappa shape index (κ2) is 5.45. The highest BCUT2D eigenvalue weighted by atomic mass is 15.7. The number of nitrogens with zero attached hydrogens (tertiary/aromatic N) is 3. The highest BCUT2D eigenvalue weighted by molar-refractivity contribution is 4.96. The Morgan fingerprint density at radius 2 is 1.61 bits per heavy atom. The average molecular weight is 252 g/mol. The van der Waals surface area contributed by atoms with Gasteiger partial charge in [0.1, 0.15) is 0 Å². The summed E-state index contributed by atoms with van der Waals surface area (Å²) in [6.45, 7) is 8.28. The second-order valence-electron chi connectivity index (χ2n) is 6.25. The lowest BCUT2D eigenvalue weighted by Crippen LogP contribution is -2.60. The standard InChI is InChI=1S/C14H28N4/c1-3-15-12-10-13-4-5-14(11-12)18(13)17-8-6-16(2)7-9-17/h12-15H,3-11H2,1-2H3. The van der Waals surface area contributed by atoms with Gasteiger partial charge in [0.15, 0.2) is 0 Å². The molecule has 3 aliphatic rings. The Morgan fingerprint density at radius 3 is 2.17 bits per heavy atom. The van der Waals surface area contributed by atoms with Crippen molar-refractivity contribution in [1.82, 2.24) is 20.2 Å². The van der Waals surface area contributed by atoms with Crippen molar-refractivity contribution in [3.8, 4) is 0 Å². The van der Waals surface area contributed by atoms with Gasteiger partial charge in [-0.3, -0.25) is 0 Å². The number of fused-ring (bicyclic) bond motifs is 2. The molecule has 3 fully saturated rings. The Bertz CT molecular complexity index is 261. The molecule has 3 rings (SSSR count). The van der Waals surface area contributed by atoms with Crippen molar-refractivity contribution in [3.05, 3.63) is 0 Å². The number of piperidine rings is 1. The van der Waals surface area contributed by atoms with Gasteiger partial charge in [0, 0.05) is 44.3 Å². The molecule has 0 aliphatic carbocycles. The molecule has 3 saturated heterocycles. The second-order valence-corrected chi connectivity index (χ2v) is 6.25. The number of rotatable bonds is 3. The largest absolute Gasteiger partial charge is 0.314 e. The van der Waals surface area contributed by atoms with Crippen molar-refractivity contribution in [2.24, 2.45) is 0 Å². The summed E-state index contributed by atoms with van der Waals surface area (Å²) in [6.07, 6.45) is 5.55. The van der Waals surface area contributed by atoms with E-state index in [-0.39, 0.29) is 0 Å². The minimum atomic E-state index is 0.774. The SMILES string of the molecule is CCNC1CC2CCC(C1)N2N1CCN(C)CC1. The summed E-state index contributed by atoms with van der Waals surface area (Å²) in [5.74, 6) is 0. The van der Waals surface area contributed by atoms with E-state index in [4.69, 9.17) is 0 Å². The van der Waals surface area contributed by atoms with Crippen LogP contribution in [0, 0.1) is 0 Å². The van der Waals surface area contributed by atoms with Crippen LogP contribution in [-0.2, 0) is 0 Å². The summed E-state index contributed by atoms with van der Waals surface area (Å²) in [4.78, 5) is 2.45. The van der Waals surface area contributed by atoms with Gasteiger partial charge in [-0.25, -0.2) is 10.0 Å². The third kappa shape index (κ3) is 2.44. The molecule has 0 spiro atoms. The zero-order valence-electron chi connectivity index (χ0n) is 11.9. The first-order valence-corrected chi connectivity index (χ1v) is 7.73. The van der Waals surface area contributed by atoms with Crippen LogP contribution in [-0.4, -0.2) is 72.8 Å². The van der Waals surface area contributed by atoms with Crippen LogP contribution in [0.5, 0.6) is 0 Å². The predicted molar refractivity (Wildman–Crippen MR) is 74.4 cm³/mol. The van der Waals surface area contributed by atoms with Gasteiger partial charge in [0.25, 0.3) is 0 Å².